The molecular weight excluding hydrogens is 577 g/mol. The zero-order chi connectivity index (χ0) is 23.7. The largest absolute Gasteiger partial charge is 0.277 e. The number of non-ortho nitro benzene ring substituents is 2. The van der Waals surface area contributed by atoms with E-state index in [4.69, 9.17) is 0 Å². The van der Waals surface area contributed by atoms with Crippen molar-refractivity contribution >= 4 is 59.7 Å². The van der Waals surface area contributed by atoms with Crippen LogP contribution in [-0.4, -0.2) is 26.7 Å². The highest BCUT2D eigenvalue weighted by Gasteiger charge is 2.38. The lowest BCUT2D eigenvalue weighted by Gasteiger charge is -2.24. The van der Waals surface area contributed by atoms with Crippen molar-refractivity contribution < 1.29 is 26.7 Å². The predicted molar refractivity (Wildman–Crippen MR) is 122 cm³/mol. The quantitative estimate of drug-likeness (QED) is 0.229. The lowest BCUT2D eigenvalue weighted by molar-refractivity contribution is -0.385. The zero-order valence-electron chi connectivity index (χ0n) is 15.7. The van der Waals surface area contributed by atoms with Crippen LogP contribution in [0.3, 0.4) is 0 Å². The van der Waals surface area contributed by atoms with Gasteiger partial charge in [0.2, 0.25) is 0 Å². The lowest BCUT2D eigenvalue weighted by Crippen LogP contribution is -2.37. The molecule has 0 N–H and O–H groups in total. The number of benzene rings is 3. The van der Waals surface area contributed by atoms with E-state index in [0.717, 1.165) is 48.5 Å². The molecule has 0 atom stereocenters. The fourth-order valence-corrected chi connectivity index (χ4v) is 6.81. The Morgan fingerprint density at radius 2 is 1.09 bits per heavy atom. The highest BCUT2D eigenvalue weighted by atomic mass is 127. The van der Waals surface area contributed by atoms with Crippen LogP contribution in [0, 0.1) is 23.8 Å². The maximum atomic E-state index is 13.4. The summed E-state index contributed by atoms with van der Waals surface area (Å²) in [5, 5.41) is 22.2. The molecule has 11 nitrogen and oxygen atoms in total. The molecule has 0 saturated carbocycles. The van der Waals surface area contributed by atoms with Crippen LogP contribution >= 0.6 is 22.6 Å². The Morgan fingerprint density at radius 3 is 1.47 bits per heavy atom. The summed E-state index contributed by atoms with van der Waals surface area (Å²) in [4.78, 5) is 19.3. The number of anilines is 1. The van der Waals surface area contributed by atoms with E-state index in [0.29, 0.717) is 3.57 Å². The van der Waals surface area contributed by atoms with Crippen LogP contribution in [0.4, 0.5) is 17.1 Å². The van der Waals surface area contributed by atoms with Gasteiger partial charge in [-0.05, 0) is 59.0 Å². The van der Waals surface area contributed by atoms with Gasteiger partial charge in [-0.2, -0.15) is 3.71 Å². The summed E-state index contributed by atoms with van der Waals surface area (Å²) in [5.41, 5.74) is -1.38. The molecule has 0 bridgehead atoms. The molecule has 32 heavy (non-hydrogen) atoms. The molecule has 14 heteroatoms. The van der Waals surface area contributed by atoms with Crippen molar-refractivity contribution in [2.75, 3.05) is 3.71 Å². The third-order valence-corrected chi connectivity index (χ3v) is 9.02. The monoisotopic (exact) mass is 589 g/mol. The third kappa shape index (κ3) is 4.56. The van der Waals surface area contributed by atoms with Gasteiger partial charge in [0, 0.05) is 27.8 Å². The van der Waals surface area contributed by atoms with Crippen LogP contribution in [0.2, 0.25) is 0 Å². The van der Waals surface area contributed by atoms with Crippen molar-refractivity contribution in [3.63, 3.8) is 0 Å². The fourth-order valence-electron chi connectivity index (χ4n) is 2.68. The molecule has 0 aromatic heterocycles. The Bertz CT molecular complexity index is 1340. The Balaban J connectivity index is 2.29. The van der Waals surface area contributed by atoms with Crippen molar-refractivity contribution in [1.29, 1.82) is 0 Å². The number of nitro groups is 2. The number of hydrogen-bond donors (Lipinski definition) is 0. The van der Waals surface area contributed by atoms with Gasteiger partial charge in [-0.25, -0.2) is 16.8 Å². The topological polar surface area (TPSA) is 158 Å². The summed E-state index contributed by atoms with van der Waals surface area (Å²) in [7, 11) is -9.79. The minimum absolute atomic E-state index is 0.105. The maximum Gasteiger partial charge on any atom is 0.277 e. The molecule has 166 valence electrons. The van der Waals surface area contributed by atoms with Crippen LogP contribution in [0.15, 0.2) is 82.6 Å². The smallest absolute Gasteiger partial charge is 0.258 e. The second kappa shape index (κ2) is 8.79. The Morgan fingerprint density at radius 1 is 0.688 bits per heavy atom. The molecular formula is C18H12IN3O8S2. The van der Waals surface area contributed by atoms with Gasteiger partial charge in [-0.15, -0.1) is 0 Å². The van der Waals surface area contributed by atoms with E-state index in [1.54, 1.807) is 0 Å². The average Bonchev–Trinajstić information content (AvgIpc) is 2.75. The normalized spacial score (nSPS) is 11.7. The van der Waals surface area contributed by atoms with Gasteiger partial charge in [0.1, 0.15) is 0 Å². The first-order valence-corrected chi connectivity index (χ1v) is 12.5. The molecule has 0 saturated heterocycles. The van der Waals surface area contributed by atoms with Gasteiger partial charge in [0.25, 0.3) is 31.4 Å². The maximum absolute atomic E-state index is 13.4. The van der Waals surface area contributed by atoms with Crippen LogP contribution in [0.1, 0.15) is 0 Å². The van der Waals surface area contributed by atoms with Crippen molar-refractivity contribution in [2.24, 2.45) is 0 Å². The first kappa shape index (κ1) is 23.6. The molecule has 3 rings (SSSR count). The first-order valence-electron chi connectivity index (χ1n) is 8.49. The first-order chi connectivity index (χ1) is 14.9. The van der Waals surface area contributed by atoms with E-state index in [9.17, 15) is 37.1 Å². The van der Waals surface area contributed by atoms with E-state index in [-0.39, 0.29) is 9.40 Å². The highest BCUT2D eigenvalue weighted by Crippen LogP contribution is 2.33. The van der Waals surface area contributed by atoms with Crippen molar-refractivity contribution in [2.45, 2.75) is 9.79 Å². The van der Waals surface area contributed by atoms with E-state index in [1.165, 1.54) is 24.3 Å². The summed E-state index contributed by atoms with van der Waals surface area (Å²) in [6.45, 7) is 0. The molecule has 3 aromatic rings. The summed E-state index contributed by atoms with van der Waals surface area (Å²) in [5.74, 6) is 0. The molecule has 0 radical (unpaired) electrons. The van der Waals surface area contributed by atoms with E-state index < -0.39 is 51.1 Å². The summed E-state index contributed by atoms with van der Waals surface area (Å²) in [6.07, 6.45) is 0. The van der Waals surface area contributed by atoms with Crippen molar-refractivity contribution in [3.8, 4) is 0 Å². The number of nitro benzene ring substituents is 2. The van der Waals surface area contributed by atoms with Crippen molar-refractivity contribution in [3.05, 3.63) is 96.6 Å². The molecule has 0 aliphatic carbocycles. The SMILES string of the molecule is O=[N+]([O-])c1cccc(S(=O)(=O)N(c2ccc(I)cc2)S(=O)(=O)c2cccc([N+](=O)[O-])c2)c1. The van der Waals surface area contributed by atoms with Crippen LogP contribution < -0.4 is 3.71 Å². The molecule has 0 heterocycles. The molecule has 3 aromatic carbocycles. The average molecular weight is 589 g/mol. The number of rotatable bonds is 7. The van der Waals surface area contributed by atoms with E-state index >= 15 is 0 Å². The van der Waals surface area contributed by atoms with Crippen LogP contribution in [-0.2, 0) is 20.0 Å². The second-order valence-corrected chi connectivity index (χ2v) is 11.2. The van der Waals surface area contributed by atoms with Gasteiger partial charge < -0.3 is 0 Å². The van der Waals surface area contributed by atoms with Gasteiger partial charge in [-0.3, -0.25) is 20.2 Å². The number of nitrogens with zero attached hydrogens (tertiary/aromatic N) is 3. The summed E-state index contributed by atoms with van der Waals surface area (Å²) in [6, 6.07) is 13.3. The molecule has 0 aliphatic heterocycles. The Hall–Kier alpha value is -3.11. The molecule has 0 spiro atoms. The molecule has 0 fully saturated rings. The number of hydrogen-bond acceptors (Lipinski definition) is 8. The minimum Gasteiger partial charge on any atom is -0.258 e. The van der Waals surface area contributed by atoms with Crippen LogP contribution in [0.25, 0.3) is 0 Å². The van der Waals surface area contributed by atoms with Crippen LogP contribution in [0.5, 0.6) is 0 Å². The Kier molecular flexibility index (Phi) is 6.47. The second-order valence-electron chi connectivity index (χ2n) is 6.19. The zero-order valence-corrected chi connectivity index (χ0v) is 19.5. The predicted octanol–water partition coefficient (Wildman–Crippen LogP) is 3.69. The third-order valence-electron chi connectivity index (χ3n) is 4.13. The Labute approximate surface area is 195 Å². The van der Waals surface area contributed by atoms with Gasteiger partial charge in [-0.1, -0.05) is 12.1 Å². The van der Waals surface area contributed by atoms with Gasteiger partial charge in [0.05, 0.1) is 25.3 Å². The number of halogens is 1. The van der Waals surface area contributed by atoms with E-state index in [1.807, 2.05) is 22.6 Å². The van der Waals surface area contributed by atoms with Crippen molar-refractivity contribution in [1.82, 2.24) is 0 Å². The fraction of sp³-hybridized carbons (Fsp3) is 0. The molecule has 0 amide bonds. The summed E-state index contributed by atoms with van der Waals surface area (Å²) >= 11 is 1.94. The van der Waals surface area contributed by atoms with E-state index in [2.05, 4.69) is 0 Å². The standard InChI is InChI=1S/C18H12IN3O8S2/c19-13-7-9-14(10-8-13)22(31(27,28)17-5-1-3-15(11-17)20(23)24)32(29,30)18-6-2-4-16(12-18)21(25)26/h1-12H. The minimum atomic E-state index is -4.89. The van der Waals surface area contributed by atoms with Gasteiger partial charge in [0.15, 0.2) is 0 Å². The summed E-state index contributed by atoms with van der Waals surface area (Å²) < 4.78 is 54.5. The number of sulfonamides is 2. The van der Waals surface area contributed by atoms with Gasteiger partial charge >= 0.3 is 0 Å². The molecule has 0 aliphatic rings. The lowest BCUT2D eigenvalue weighted by atomic mass is 10.3. The molecule has 0 unspecified atom stereocenters. The highest BCUT2D eigenvalue weighted by molar-refractivity contribution is 14.1.